The molecule has 0 bridgehead atoms. The van der Waals surface area contributed by atoms with Crippen molar-refractivity contribution >= 4 is 28.2 Å². The van der Waals surface area contributed by atoms with Crippen LogP contribution in [0.2, 0.25) is 0 Å². The Morgan fingerprint density at radius 3 is 2.50 bits per heavy atom. The number of nitrogen functional groups attached to an aromatic ring is 1. The summed E-state index contributed by atoms with van der Waals surface area (Å²) in [6.45, 7) is 1.77. The number of nitrogens with two attached hydrogens (primary N) is 1. The van der Waals surface area contributed by atoms with Crippen molar-refractivity contribution in [2.24, 2.45) is 0 Å². The number of anilines is 1. The van der Waals surface area contributed by atoms with Crippen LogP contribution >= 0.6 is 11.3 Å². The van der Waals surface area contributed by atoms with Gasteiger partial charge in [0.15, 0.2) is 0 Å². The molecule has 5 nitrogen and oxygen atoms in total. The summed E-state index contributed by atoms with van der Waals surface area (Å²) in [4.78, 5) is 26.0. The fourth-order valence-corrected chi connectivity index (χ4v) is 2.80. The topological polar surface area (TPSA) is 75.4 Å². The molecule has 1 fully saturated rings. The number of carbonyl (C=O) groups is 2. The Hall–Kier alpha value is -1.56. The second kappa shape index (κ2) is 4.61. The number of nitrogens with zero attached hydrogens (tertiary/aromatic N) is 1. The van der Waals surface area contributed by atoms with Gasteiger partial charge in [-0.25, -0.2) is 0 Å². The zero-order valence-corrected chi connectivity index (χ0v) is 11.6. The zero-order valence-electron chi connectivity index (χ0n) is 10.7. The van der Waals surface area contributed by atoms with Crippen LogP contribution in [-0.4, -0.2) is 36.9 Å². The van der Waals surface area contributed by atoms with Gasteiger partial charge in [0.05, 0.1) is 15.4 Å². The van der Waals surface area contributed by atoms with Crippen molar-refractivity contribution in [3.05, 3.63) is 16.0 Å². The molecule has 6 heteroatoms. The summed E-state index contributed by atoms with van der Waals surface area (Å²) in [5, 5.41) is 3.31. The van der Waals surface area contributed by atoms with Crippen molar-refractivity contribution in [1.82, 2.24) is 10.2 Å². The molecule has 1 aliphatic rings. The number of hydrogen-bond donors (Lipinski definition) is 2. The van der Waals surface area contributed by atoms with E-state index in [1.165, 1.54) is 16.2 Å². The average Bonchev–Trinajstić information content (AvgIpc) is 3.03. The third kappa shape index (κ3) is 2.33. The Morgan fingerprint density at radius 1 is 1.39 bits per heavy atom. The van der Waals surface area contributed by atoms with Crippen molar-refractivity contribution in [3.8, 4) is 0 Å². The first kappa shape index (κ1) is 12.9. The number of rotatable bonds is 3. The van der Waals surface area contributed by atoms with E-state index in [4.69, 9.17) is 5.73 Å². The fourth-order valence-electron chi connectivity index (χ4n) is 1.71. The van der Waals surface area contributed by atoms with Gasteiger partial charge < -0.3 is 16.0 Å². The van der Waals surface area contributed by atoms with Crippen molar-refractivity contribution in [3.63, 3.8) is 0 Å². The highest BCUT2D eigenvalue weighted by Gasteiger charge is 2.28. The van der Waals surface area contributed by atoms with Gasteiger partial charge in [0, 0.05) is 20.1 Å². The summed E-state index contributed by atoms with van der Waals surface area (Å²) < 4.78 is 0. The number of amides is 2. The Bertz CT molecular complexity index is 504. The zero-order chi connectivity index (χ0) is 13.4. The molecule has 0 aromatic carbocycles. The smallest absolute Gasteiger partial charge is 0.263 e. The molecule has 1 aromatic heterocycles. The van der Waals surface area contributed by atoms with Gasteiger partial charge in [-0.3, -0.25) is 9.59 Å². The standard InChI is InChI=1S/C12H17N3O2S/c1-6-8(11(16)14-7-4-5-7)10(13)18-9(6)12(17)15(2)3/h7H,4-5,13H2,1-3H3,(H,14,16). The third-order valence-corrected chi connectivity index (χ3v) is 4.02. The molecule has 1 saturated carbocycles. The van der Waals surface area contributed by atoms with E-state index in [2.05, 4.69) is 5.32 Å². The lowest BCUT2D eigenvalue weighted by Gasteiger charge is -2.09. The summed E-state index contributed by atoms with van der Waals surface area (Å²) in [5.41, 5.74) is 7.00. The largest absolute Gasteiger partial charge is 0.390 e. The molecule has 1 aromatic rings. The van der Waals surface area contributed by atoms with Gasteiger partial charge in [0.1, 0.15) is 0 Å². The fraction of sp³-hybridized carbons (Fsp3) is 0.500. The highest BCUT2D eigenvalue weighted by Crippen LogP contribution is 2.32. The van der Waals surface area contributed by atoms with E-state index in [0.29, 0.717) is 21.0 Å². The van der Waals surface area contributed by atoms with Crippen molar-refractivity contribution < 1.29 is 9.59 Å². The van der Waals surface area contributed by atoms with Gasteiger partial charge in [-0.15, -0.1) is 11.3 Å². The monoisotopic (exact) mass is 267 g/mol. The highest BCUT2D eigenvalue weighted by atomic mass is 32.1. The first-order chi connectivity index (χ1) is 8.41. The molecule has 0 spiro atoms. The molecular weight excluding hydrogens is 250 g/mol. The van der Waals surface area contributed by atoms with E-state index >= 15 is 0 Å². The average molecular weight is 267 g/mol. The maximum atomic E-state index is 12.0. The summed E-state index contributed by atoms with van der Waals surface area (Å²) in [7, 11) is 3.36. The molecular formula is C12H17N3O2S. The molecule has 0 unspecified atom stereocenters. The Labute approximate surface area is 110 Å². The Kier molecular flexibility index (Phi) is 3.30. The number of nitrogens with one attached hydrogen (secondary N) is 1. The van der Waals surface area contributed by atoms with Crippen LogP contribution in [0.4, 0.5) is 5.00 Å². The van der Waals surface area contributed by atoms with Crippen LogP contribution in [0.3, 0.4) is 0 Å². The first-order valence-corrected chi connectivity index (χ1v) is 6.64. The number of carbonyl (C=O) groups excluding carboxylic acids is 2. The molecule has 0 atom stereocenters. The lowest BCUT2D eigenvalue weighted by atomic mass is 10.1. The molecule has 18 heavy (non-hydrogen) atoms. The van der Waals surface area contributed by atoms with Crippen LogP contribution in [0.15, 0.2) is 0 Å². The van der Waals surface area contributed by atoms with Crippen LogP contribution in [-0.2, 0) is 0 Å². The minimum Gasteiger partial charge on any atom is -0.390 e. The van der Waals surface area contributed by atoms with Gasteiger partial charge in [0.2, 0.25) is 0 Å². The van der Waals surface area contributed by atoms with Gasteiger partial charge in [-0.05, 0) is 25.3 Å². The quantitative estimate of drug-likeness (QED) is 0.865. The minimum atomic E-state index is -0.165. The van der Waals surface area contributed by atoms with Crippen molar-refractivity contribution in [2.75, 3.05) is 19.8 Å². The third-order valence-electron chi connectivity index (χ3n) is 2.91. The molecule has 0 radical (unpaired) electrons. The maximum Gasteiger partial charge on any atom is 0.263 e. The van der Waals surface area contributed by atoms with Crippen LogP contribution < -0.4 is 11.1 Å². The van der Waals surface area contributed by atoms with Crippen LogP contribution in [0.25, 0.3) is 0 Å². The van der Waals surface area contributed by atoms with E-state index in [9.17, 15) is 9.59 Å². The maximum absolute atomic E-state index is 12.0. The second-order valence-corrected chi connectivity index (χ2v) is 5.79. The predicted octanol–water partition coefficient (Wildman–Crippen LogP) is 1.23. The normalized spacial score (nSPS) is 14.4. The van der Waals surface area contributed by atoms with Crippen LogP contribution in [0, 0.1) is 6.92 Å². The predicted molar refractivity (Wildman–Crippen MR) is 72.0 cm³/mol. The summed E-state index contributed by atoms with van der Waals surface area (Å²) in [6, 6.07) is 0.282. The van der Waals surface area contributed by atoms with E-state index in [1.807, 2.05) is 0 Å². The summed E-state index contributed by atoms with van der Waals surface area (Å²) in [6.07, 6.45) is 2.05. The van der Waals surface area contributed by atoms with Crippen molar-refractivity contribution in [2.45, 2.75) is 25.8 Å². The van der Waals surface area contributed by atoms with E-state index in [1.54, 1.807) is 21.0 Å². The highest BCUT2D eigenvalue weighted by molar-refractivity contribution is 7.18. The summed E-state index contributed by atoms with van der Waals surface area (Å²) in [5.74, 6) is -0.281. The van der Waals surface area contributed by atoms with Gasteiger partial charge in [-0.2, -0.15) is 0 Å². The molecule has 1 heterocycles. The Morgan fingerprint density at radius 2 is 2.00 bits per heavy atom. The van der Waals surface area contributed by atoms with Gasteiger partial charge in [0.25, 0.3) is 11.8 Å². The van der Waals surface area contributed by atoms with Gasteiger partial charge in [-0.1, -0.05) is 0 Å². The lowest BCUT2D eigenvalue weighted by molar-refractivity contribution is 0.0831. The van der Waals surface area contributed by atoms with E-state index in [0.717, 1.165) is 12.8 Å². The number of thiophene rings is 1. The molecule has 0 aliphatic heterocycles. The molecule has 2 amide bonds. The second-order valence-electron chi connectivity index (χ2n) is 4.74. The van der Waals surface area contributed by atoms with E-state index in [-0.39, 0.29) is 17.9 Å². The summed E-state index contributed by atoms with van der Waals surface area (Å²) >= 11 is 1.18. The van der Waals surface area contributed by atoms with Gasteiger partial charge >= 0.3 is 0 Å². The van der Waals surface area contributed by atoms with Crippen LogP contribution in [0.1, 0.15) is 38.4 Å². The van der Waals surface area contributed by atoms with Crippen molar-refractivity contribution in [1.29, 1.82) is 0 Å². The molecule has 1 aliphatic carbocycles. The van der Waals surface area contributed by atoms with E-state index < -0.39 is 0 Å². The Balaban J connectivity index is 2.30. The number of hydrogen-bond acceptors (Lipinski definition) is 4. The minimum absolute atomic E-state index is 0.116. The molecule has 0 saturated heterocycles. The lowest BCUT2D eigenvalue weighted by Crippen LogP contribution is -2.27. The molecule has 3 N–H and O–H groups in total. The molecule has 2 rings (SSSR count). The van der Waals surface area contributed by atoms with Crippen LogP contribution in [0.5, 0.6) is 0 Å². The first-order valence-electron chi connectivity index (χ1n) is 5.83. The molecule has 98 valence electrons. The SMILES string of the molecule is Cc1c(C(=O)N(C)C)sc(N)c1C(=O)NC1CC1.